The van der Waals surface area contributed by atoms with Crippen molar-refractivity contribution >= 4 is 5.91 Å². The van der Waals surface area contributed by atoms with Crippen molar-refractivity contribution in [3.05, 3.63) is 12.2 Å². The molecule has 2 unspecified atom stereocenters. The minimum absolute atomic E-state index is 0.106. The first-order valence-electron chi connectivity index (χ1n) is 7.00. The number of carbonyl (C=O) groups is 1. The van der Waals surface area contributed by atoms with Gasteiger partial charge in [0.2, 0.25) is 5.91 Å². The molecule has 1 aliphatic rings. The summed E-state index contributed by atoms with van der Waals surface area (Å²) in [4.78, 5) is 14.2. The fourth-order valence-electron chi connectivity index (χ4n) is 2.66. The van der Waals surface area contributed by atoms with Gasteiger partial charge in [-0.2, -0.15) is 0 Å². The average molecular weight is 281 g/mol. The molecule has 112 valence electrons. The molecule has 0 bridgehead atoms. The van der Waals surface area contributed by atoms with Crippen molar-refractivity contribution in [2.45, 2.75) is 31.3 Å². The van der Waals surface area contributed by atoms with E-state index in [0.717, 1.165) is 25.2 Å². The molecule has 2 heterocycles. The third-order valence-electron chi connectivity index (χ3n) is 3.88. The highest BCUT2D eigenvalue weighted by Gasteiger charge is 2.28. The molecule has 1 aromatic rings. The number of hydrogen-bond acceptors (Lipinski definition) is 5. The fraction of sp³-hybridized carbons (Fsp3) is 0.769. The van der Waals surface area contributed by atoms with E-state index in [4.69, 9.17) is 10.5 Å². The molecule has 0 aliphatic carbocycles. The predicted molar refractivity (Wildman–Crippen MR) is 74.0 cm³/mol. The number of amides is 1. The van der Waals surface area contributed by atoms with Crippen molar-refractivity contribution in [2.75, 3.05) is 26.7 Å². The molecule has 1 fully saturated rings. The van der Waals surface area contributed by atoms with Crippen LogP contribution in [0.3, 0.4) is 0 Å². The van der Waals surface area contributed by atoms with Crippen LogP contribution in [-0.2, 0) is 16.6 Å². The molecule has 1 aliphatic heterocycles. The Kier molecular flexibility index (Phi) is 5.08. The van der Waals surface area contributed by atoms with Gasteiger partial charge in [0, 0.05) is 39.7 Å². The van der Waals surface area contributed by atoms with Gasteiger partial charge in [-0.15, -0.1) is 10.2 Å². The number of carbonyl (C=O) groups excluding carboxylic acids is 1. The van der Waals surface area contributed by atoms with E-state index in [1.165, 1.54) is 0 Å². The summed E-state index contributed by atoms with van der Waals surface area (Å²) in [6.07, 6.45) is 3.88. The molecule has 20 heavy (non-hydrogen) atoms. The lowest BCUT2D eigenvalue weighted by Gasteiger charge is -2.33. The van der Waals surface area contributed by atoms with E-state index in [2.05, 4.69) is 10.2 Å². The summed E-state index contributed by atoms with van der Waals surface area (Å²) in [5.74, 6) is 1.32. The number of nitrogens with two attached hydrogens (primary N) is 1. The SMILES string of the molecule is COC(CN)CC(=O)N1CCCC(c2nncn2C)C1. The molecule has 2 rings (SSSR count). The molecular formula is C13H23N5O2. The van der Waals surface area contributed by atoms with E-state index in [1.54, 1.807) is 13.4 Å². The highest BCUT2D eigenvalue weighted by atomic mass is 16.5. The lowest BCUT2D eigenvalue weighted by molar-refractivity contribution is -0.134. The van der Waals surface area contributed by atoms with Crippen LogP contribution in [0.5, 0.6) is 0 Å². The first-order valence-corrected chi connectivity index (χ1v) is 7.00. The van der Waals surface area contributed by atoms with Gasteiger partial charge in [-0.3, -0.25) is 4.79 Å². The number of nitrogens with zero attached hydrogens (tertiary/aromatic N) is 4. The van der Waals surface area contributed by atoms with Gasteiger partial charge in [0.15, 0.2) is 0 Å². The standard InChI is InChI=1S/C13H23N5O2/c1-17-9-15-16-13(17)10-4-3-5-18(8-10)12(19)6-11(7-14)20-2/h9-11H,3-8,14H2,1-2H3. The van der Waals surface area contributed by atoms with E-state index in [0.29, 0.717) is 19.5 Å². The fourth-order valence-corrected chi connectivity index (χ4v) is 2.66. The number of ether oxygens (including phenoxy) is 1. The van der Waals surface area contributed by atoms with E-state index in [1.807, 2.05) is 16.5 Å². The Morgan fingerprint density at radius 2 is 2.45 bits per heavy atom. The maximum Gasteiger partial charge on any atom is 0.225 e. The van der Waals surface area contributed by atoms with Gasteiger partial charge >= 0.3 is 0 Å². The first kappa shape index (κ1) is 14.9. The van der Waals surface area contributed by atoms with Crippen molar-refractivity contribution in [3.8, 4) is 0 Å². The highest BCUT2D eigenvalue weighted by Crippen LogP contribution is 2.25. The van der Waals surface area contributed by atoms with Crippen LogP contribution in [0.15, 0.2) is 6.33 Å². The van der Waals surface area contributed by atoms with Crippen molar-refractivity contribution in [1.82, 2.24) is 19.7 Å². The Morgan fingerprint density at radius 3 is 3.05 bits per heavy atom. The van der Waals surface area contributed by atoms with Crippen LogP contribution in [0.4, 0.5) is 0 Å². The van der Waals surface area contributed by atoms with Crippen LogP contribution >= 0.6 is 0 Å². The minimum atomic E-state index is -0.197. The number of aryl methyl sites for hydroxylation is 1. The van der Waals surface area contributed by atoms with E-state index < -0.39 is 0 Å². The zero-order valence-electron chi connectivity index (χ0n) is 12.2. The quantitative estimate of drug-likeness (QED) is 0.813. The highest BCUT2D eigenvalue weighted by molar-refractivity contribution is 5.76. The smallest absolute Gasteiger partial charge is 0.225 e. The van der Waals surface area contributed by atoms with Crippen LogP contribution in [-0.4, -0.2) is 58.4 Å². The Morgan fingerprint density at radius 1 is 1.65 bits per heavy atom. The van der Waals surface area contributed by atoms with E-state index >= 15 is 0 Å². The summed E-state index contributed by atoms with van der Waals surface area (Å²) in [7, 11) is 3.52. The van der Waals surface area contributed by atoms with Crippen molar-refractivity contribution in [1.29, 1.82) is 0 Å². The zero-order chi connectivity index (χ0) is 14.5. The summed E-state index contributed by atoms with van der Waals surface area (Å²) in [5.41, 5.74) is 5.57. The second kappa shape index (κ2) is 6.81. The molecule has 0 aromatic carbocycles. The summed E-state index contributed by atoms with van der Waals surface area (Å²) >= 11 is 0. The van der Waals surface area contributed by atoms with Crippen molar-refractivity contribution in [3.63, 3.8) is 0 Å². The summed E-state index contributed by atoms with van der Waals surface area (Å²) in [6.45, 7) is 1.86. The first-order chi connectivity index (χ1) is 9.65. The number of methoxy groups -OCH3 is 1. The normalized spacial score (nSPS) is 20.9. The molecule has 0 saturated carbocycles. The Labute approximate surface area is 119 Å². The molecule has 1 amide bonds. The van der Waals surface area contributed by atoms with Gasteiger partial charge in [0.1, 0.15) is 12.2 Å². The Balaban J connectivity index is 1.96. The zero-order valence-corrected chi connectivity index (χ0v) is 12.2. The summed E-state index contributed by atoms with van der Waals surface area (Å²) < 4.78 is 7.11. The largest absolute Gasteiger partial charge is 0.380 e. The average Bonchev–Trinajstić information content (AvgIpc) is 2.90. The Bertz CT molecular complexity index is 444. The van der Waals surface area contributed by atoms with E-state index in [-0.39, 0.29) is 17.9 Å². The lowest BCUT2D eigenvalue weighted by Crippen LogP contribution is -2.42. The maximum absolute atomic E-state index is 12.3. The van der Waals surface area contributed by atoms with Crippen LogP contribution in [0.1, 0.15) is 31.0 Å². The summed E-state index contributed by atoms with van der Waals surface area (Å²) in [6, 6.07) is 0. The Hall–Kier alpha value is -1.47. The third-order valence-corrected chi connectivity index (χ3v) is 3.88. The van der Waals surface area contributed by atoms with Gasteiger partial charge in [-0.05, 0) is 12.8 Å². The van der Waals surface area contributed by atoms with Crippen LogP contribution in [0.25, 0.3) is 0 Å². The second-order valence-electron chi connectivity index (χ2n) is 5.28. The minimum Gasteiger partial charge on any atom is -0.380 e. The molecule has 7 nitrogen and oxygen atoms in total. The number of aromatic nitrogens is 3. The molecule has 2 atom stereocenters. The number of hydrogen-bond donors (Lipinski definition) is 1. The third kappa shape index (κ3) is 3.34. The van der Waals surface area contributed by atoms with Crippen molar-refractivity contribution < 1.29 is 9.53 Å². The number of piperidine rings is 1. The van der Waals surface area contributed by atoms with Gasteiger partial charge < -0.3 is 19.9 Å². The van der Waals surface area contributed by atoms with Crippen LogP contribution in [0, 0.1) is 0 Å². The molecule has 1 aromatic heterocycles. The van der Waals surface area contributed by atoms with Gasteiger partial charge in [0.05, 0.1) is 12.5 Å². The van der Waals surface area contributed by atoms with Gasteiger partial charge in [-0.1, -0.05) is 0 Å². The van der Waals surface area contributed by atoms with Crippen molar-refractivity contribution in [2.24, 2.45) is 12.8 Å². The molecule has 0 spiro atoms. The summed E-state index contributed by atoms with van der Waals surface area (Å²) in [5, 5.41) is 8.07. The lowest BCUT2D eigenvalue weighted by atomic mass is 9.96. The van der Waals surface area contributed by atoms with E-state index in [9.17, 15) is 4.79 Å². The molecular weight excluding hydrogens is 258 g/mol. The molecule has 1 saturated heterocycles. The number of rotatable bonds is 5. The van der Waals surface area contributed by atoms with Crippen LogP contribution < -0.4 is 5.73 Å². The van der Waals surface area contributed by atoms with Gasteiger partial charge in [-0.25, -0.2) is 0 Å². The molecule has 7 heteroatoms. The molecule has 2 N–H and O–H groups in total. The second-order valence-corrected chi connectivity index (χ2v) is 5.28. The predicted octanol–water partition coefficient (Wildman–Crippen LogP) is -0.115. The van der Waals surface area contributed by atoms with Crippen LogP contribution in [0.2, 0.25) is 0 Å². The maximum atomic E-state index is 12.3. The van der Waals surface area contributed by atoms with Gasteiger partial charge in [0.25, 0.3) is 0 Å². The molecule has 0 radical (unpaired) electrons. The monoisotopic (exact) mass is 281 g/mol. The topological polar surface area (TPSA) is 86.3 Å². The number of likely N-dealkylation sites (tertiary alicyclic amines) is 1.